The molecule has 0 fully saturated rings. The Morgan fingerprint density at radius 3 is 2.50 bits per heavy atom. The summed E-state index contributed by atoms with van der Waals surface area (Å²) in [5, 5.41) is 3.00. The molecule has 1 aromatic carbocycles. The van der Waals surface area contributed by atoms with Gasteiger partial charge in [-0.15, -0.1) is 0 Å². The molecule has 0 amide bonds. The first-order chi connectivity index (χ1) is 6.45. The summed E-state index contributed by atoms with van der Waals surface area (Å²) in [6, 6.07) is 5.23. The Hall–Kier alpha value is -0.390. The number of halogens is 1. The van der Waals surface area contributed by atoms with Gasteiger partial charge in [-0.3, -0.25) is 0 Å². The minimum absolute atomic E-state index is 0.331. The summed E-state index contributed by atoms with van der Waals surface area (Å²) in [6.45, 7) is 0.725. The van der Waals surface area contributed by atoms with Crippen LogP contribution in [0.4, 0.5) is 0 Å². The maximum absolute atomic E-state index is 11.3. The Bertz CT molecular complexity index is 428. The number of hydrogen-bond donors (Lipinski definition) is 1. The standard InChI is InChI=1S/C9H12BrNO2S/c1-11-6-7-3-4-9(8(10)5-7)14(2,12)13/h3-5,11H,6H2,1-2H3. The van der Waals surface area contributed by atoms with E-state index in [1.54, 1.807) is 12.1 Å². The predicted octanol–water partition coefficient (Wildman–Crippen LogP) is 1.57. The number of benzene rings is 1. The van der Waals surface area contributed by atoms with Gasteiger partial charge < -0.3 is 5.32 Å². The summed E-state index contributed by atoms with van der Waals surface area (Å²) in [5.74, 6) is 0. The van der Waals surface area contributed by atoms with Crippen LogP contribution in [0, 0.1) is 0 Å². The fourth-order valence-corrected chi connectivity index (χ4v) is 3.20. The lowest BCUT2D eigenvalue weighted by molar-refractivity contribution is 0.601. The van der Waals surface area contributed by atoms with Crippen molar-refractivity contribution in [2.24, 2.45) is 0 Å². The van der Waals surface area contributed by atoms with Crippen LogP contribution in [0.5, 0.6) is 0 Å². The van der Waals surface area contributed by atoms with E-state index in [1.807, 2.05) is 13.1 Å². The van der Waals surface area contributed by atoms with E-state index in [4.69, 9.17) is 0 Å². The molecular weight excluding hydrogens is 266 g/mol. The average Bonchev–Trinajstić information content (AvgIpc) is 2.02. The van der Waals surface area contributed by atoms with Crippen LogP contribution in [0.25, 0.3) is 0 Å². The van der Waals surface area contributed by atoms with Crippen LogP contribution in [0.15, 0.2) is 27.6 Å². The topological polar surface area (TPSA) is 46.2 Å². The Morgan fingerprint density at radius 1 is 1.43 bits per heavy atom. The van der Waals surface area contributed by atoms with Crippen LogP contribution in [0.2, 0.25) is 0 Å². The van der Waals surface area contributed by atoms with E-state index in [2.05, 4.69) is 21.2 Å². The number of rotatable bonds is 3. The molecule has 3 nitrogen and oxygen atoms in total. The number of sulfone groups is 1. The summed E-state index contributed by atoms with van der Waals surface area (Å²) in [5.41, 5.74) is 1.05. The van der Waals surface area contributed by atoms with E-state index in [-0.39, 0.29) is 0 Å². The van der Waals surface area contributed by atoms with Crippen molar-refractivity contribution in [2.75, 3.05) is 13.3 Å². The molecule has 5 heteroatoms. The molecule has 0 aliphatic heterocycles. The lowest BCUT2D eigenvalue weighted by atomic mass is 10.2. The van der Waals surface area contributed by atoms with Crippen molar-refractivity contribution in [3.05, 3.63) is 28.2 Å². The normalized spacial score (nSPS) is 11.6. The average molecular weight is 278 g/mol. The van der Waals surface area contributed by atoms with Crippen molar-refractivity contribution < 1.29 is 8.42 Å². The van der Waals surface area contributed by atoms with Crippen molar-refractivity contribution in [3.8, 4) is 0 Å². The Balaban J connectivity index is 3.15. The number of hydrogen-bond acceptors (Lipinski definition) is 3. The molecule has 0 aliphatic rings. The van der Waals surface area contributed by atoms with E-state index in [9.17, 15) is 8.42 Å². The molecule has 0 bridgehead atoms. The molecule has 0 atom stereocenters. The van der Waals surface area contributed by atoms with Crippen LogP contribution >= 0.6 is 15.9 Å². The fraction of sp³-hybridized carbons (Fsp3) is 0.333. The van der Waals surface area contributed by atoms with E-state index in [0.29, 0.717) is 9.37 Å². The Labute approximate surface area is 92.6 Å². The molecule has 0 heterocycles. The minimum Gasteiger partial charge on any atom is -0.316 e. The van der Waals surface area contributed by atoms with Gasteiger partial charge in [-0.25, -0.2) is 8.42 Å². The Morgan fingerprint density at radius 2 is 2.07 bits per heavy atom. The molecule has 0 unspecified atom stereocenters. The van der Waals surface area contributed by atoms with Crippen molar-refractivity contribution in [3.63, 3.8) is 0 Å². The summed E-state index contributed by atoms with van der Waals surface area (Å²) < 4.78 is 23.2. The van der Waals surface area contributed by atoms with Crippen molar-refractivity contribution in [1.82, 2.24) is 5.32 Å². The second kappa shape index (κ2) is 4.42. The maximum Gasteiger partial charge on any atom is 0.176 e. The lowest BCUT2D eigenvalue weighted by Gasteiger charge is -2.05. The van der Waals surface area contributed by atoms with Gasteiger partial charge in [-0.05, 0) is 40.7 Å². The second-order valence-electron chi connectivity index (χ2n) is 3.07. The summed E-state index contributed by atoms with van der Waals surface area (Å²) >= 11 is 3.25. The van der Waals surface area contributed by atoms with E-state index in [0.717, 1.165) is 12.1 Å². The second-order valence-corrected chi connectivity index (χ2v) is 5.91. The highest BCUT2D eigenvalue weighted by Gasteiger charge is 2.11. The van der Waals surface area contributed by atoms with Gasteiger partial charge in [0.15, 0.2) is 9.84 Å². The Kier molecular flexibility index (Phi) is 3.69. The van der Waals surface area contributed by atoms with Gasteiger partial charge in [-0.2, -0.15) is 0 Å². The van der Waals surface area contributed by atoms with Gasteiger partial charge in [0, 0.05) is 17.3 Å². The molecule has 0 saturated carbocycles. The molecule has 0 aromatic heterocycles. The van der Waals surface area contributed by atoms with E-state index in [1.165, 1.54) is 6.26 Å². The smallest absolute Gasteiger partial charge is 0.176 e. The minimum atomic E-state index is -3.13. The van der Waals surface area contributed by atoms with Gasteiger partial charge in [0.05, 0.1) is 4.90 Å². The molecule has 1 N–H and O–H groups in total. The van der Waals surface area contributed by atoms with Crippen LogP contribution in [0.3, 0.4) is 0 Å². The molecule has 14 heavy (non-hydrogen) atoms. The first kappa shape index (κ1) is 11.7. The third-order valence-corrected chi connectivity index (χ3v) is 3.85. The van der Waals surface area contributed by atoms with E-state index >= 15 is 0 Å². The summed E-state index contributed by atoms with van der Waals surface area (Å²) in [6.07, 6.45) is 1.20. The molecule has 1 rings (SSSR count). The number of nitrogens with one attached hydrogen (secondary N) is 1. The zero-order chi connectivity index (χ0) is 10.8. The predicted molar refractivity (Wildman–Crippen MR) is 60.0 cm³/mol. The van der Waals surface area contributed by atoms with E-state index < -0.39 is 9.84 Å². The van der Waals surface area contributed by atoms with Gasteiger partial charge >= 0.3 is 0 Å². The SMILES string of the molecule is CNCc1ccc(S(C)(=O)=O)c(Br)c1. The van der Waals surface area contributed by atoms with Crippen LogP contribution < -0.4 is 5.32 Å². The molecule has 0 saturated heterocycles. The van der Waals surface area contributed by atoms with Crippen LogP contribution in [-0.4, -0.2) is 21.7 Å². The molecule has 0 spiro atoms. The lowest BCUT2D eigenvalue weighted by Crippen LogP contribution is -2.06. The molecule has 0 radical (unpaired) electrons. The van der Waals surface area contributed by atoms with Crippen molar-refractivity contribution in [2.45, 2.75) is 11.4 Å². The molecule has 1 aromatic rings. The summed E-state index contributed by atoms with van der Waals surface area (Å²) in [4.78, 5) is 0.331. The molecular formula is C9H12BrNO2S. The zero-order valence-electron chi connectivity index (χ0n) is 8.04. The molecule has 0 aliphatic carbocycles. The fourth-order valence-electron chi connectivity index (χ4n) is 1.16. The monoisotopic (exact) mass is 277 g/mol. The quantitative estimate of drug-likeness (QED) is 0.913. The van der Waals surface area contributed by atoms with Crippen molar-refractivity contribution >= 4 is 25.8 Å². The van der Waals surface area contributed by atoms with Crippen LogP contribution in [0.1, 0.15) is 5.56 Å². The molecule has 78 valence electrons. The third kappa shape index (κ3) is 2.80. The highest BCUT2D eigenvalue weighted by Crippen LogP contribution is 2.22. The first-order valence-corrected chi connectivity index (χ1v) is 6.76. The van der Waals surface area contributed by atoms with Gasteiger partial charge in [-0.1, -0.05) is 6.07 Å². The third-order valence-electron chi connectivity index (χ3n) is 1.78. The highest BCUT2D eigenvalue weighted by molar-refractivity contribution is 9.10. The first-order valence-electron chi connectivity index (χ1n) is 4.08. The van der Waals surface area contributed by atoms with Gasteiger partial charge in [0.1, 0.15) is 0 Å². The zero-order valence-corrected chi connectivity index (χ0v) is 10.4. The van der Waals surface area contributed by atoms with Crippen molar-refractivity contribution in [1.29, 1.82) is 0 Å². The maximum atomic E-state index is 11.3. The largest absolute Gasteiger partial charge is 0.316 e. The van der Waals surface area contributed by atoms with Crippen LogP contribution in [-0.2, 0) is 16.4 Å². The van der Waals surface area contributed by atoms with Gasteiger partial charge in [0.25, 0.3) is 0 Å². The van der Waals surface area contributed by atoms with Gasteiger partial charge in [0.2, 0.25) is 0 Å². The highest BCUT2D eigenvalue weighted by atomic mass is 79.9. The summed E-state index contributed by atoms with van der Waals surface area (Å²) in [7, 11) is -1.29.